The summed E-state index contributed by atoms with van der Waals surface area (Å²) in [7, 11) is 0. The van der Waals surface area contributed by atoms with Crippen LogP contribution in [0.4, 0.5) is 28.6 Å². The minimum absolute atomic E-state index is 0.0703. The topological polar surface area (TPSA) is 111 Å². The molecule has 0 spiro atoms. The van der Waals surface area contributed by atoms with Crippen molar-refractivity contribution in [3.63, 3.8) is 0 Å². The molecule has 1 aliphatic rings. The Morgan fingerprint density at radius 2 is 1.86 bits per heavy atom. The first-order chi connectivity index (χ1) is 14.0. The van der Waals surface area contributed by atoms with Crippen LogP contribution >= 0.6 is 23.2 Å². The number of hydrogen-bond acceptors (Lipinski definition) is 7. The minimum atomic E-state index is -0.437. The summed E-state index contributed by atoms with van der Waals surface area (Å²) in [5, 5.41) is 18.7. The molecule has 0 bridgehead atoms. The fourth-order valence-corrected chi connectivity index (χ4v) is 3.50. The summed E-state index contributed by atoms with van der Waals surface area (Å²) in [6.07, 6.45) is 3.03. The Balaban J connectivity index is 1.73. The first-order valence-electron chi connectivity index (χ1n) is 8.60. The van der Waals surface area contributed by atoms with Gasteiger partial charge >= 0.3 is 0 Å². The second kappa shape index (κ2) is 7.98. The highest BCUT2D eigenvalue weighted by molar-refractivity contribution is 6.40. The van der Waals surface area contributed by atoms with E-state index in [-0.39, 0.29) is 5.69 Å². The fourth-order valence-electron chi connectivity index (χ4n) is 3.01. The van der Waals surface area contributed by atoms with Crippen LogP contribution in [0.1, 0.15) is 0 Å². The third kappa shape index (κ3) is 3.82. The van der Waals surface area contributed by atoms with Gasteiger partial charge in [-0.25, -0.2) is 4.98 Å². The van der Waals surface area contributed by atoms with Gasteiger partial charge in [-0.1, -0.05) is 35.3 Å². The highest BCUT2D eigenvalue weighted by Crippen LogP contribution is 2.38. The minimum Gasteiger partial charge on any atom is -0.333 e. The van der Waals surface area contributed by atoms with Crippen LogP contribution in [-0.4, -0.2) is 33.9 Å². The molecule has 3 aromatic rings. The van der Waals surface area contributed by atoms with Crippen molar-refractivity contribution in [1.29, 1.82) is 0 Å². The van der Waals surface area contributed by atoms with E-state index in [0.717, 1.165) is 0 Å². The summed E-state index contributed by atoms with van der Waals surface area (Å²) >= 11 is 12.5. The normalized spacial score (nSPS) is 13.3. The number of nitro groups is 1. The zero-order valence-corrected chi connectivity index (χ0v) is 16.4. The Kier molecular flexibility index (Phi) is 5.24. The molecule has 0 unspecified atom stereocenters. The number of nitrogens with one attached hydrogen (secondary N) is 3. The van der Waals surface area contributed by atoms with Gasteiger partial charge in [-0.05, 0) is 18.2 Å². The number of nitrogens with zero attached hydrogens (tertiary/aromatic N) is 4. The molecule has 0 aliphatic carbocycles. The number of rotatable bonds is 5. The lowest BCUT2D eigenvalue weighted by molar-refractivity contribution is -0.383. The second-order valence-electron chi connectivity index (χ2n) is 6.10. The van der Waals surface area contributed by atoms with Crippen LogP contribution in [0, 0.1) is 10.1 Å². The van der Waals surface area contributed by atoms with Crippen molar-refractivity contribution in [2.45, 2.75) is 0 Å². The summed E-state index contributed by atoms with van der Waals surface area (Å²) in [5.74, 6) is 1.02. The zero-order chi connectivity index (χ0) is 20.4. The van der Waals surface area contributed by atoms with Crippen molar-refractivity contribution >= 4 is 57.7 Å². The monoisotopic (exact) mass is 431 g/mol. The van der Waals surface area contributed by atoms with E-state index in [4.69, 9.17) is 23.2 Å². The number of H-pyrrole nitrogens is 1. The van der Waals surface area contributed by atoms with Gasteiger partial charge in [-0.3, -0.25) is 15.1 Å². The third-order valence-electron chi connectivity index (χ3n) is 4.31. The van der Waals surface area contributed by atoms with E-state index < -0.39 is 4.92 Å². The third-order valence-corrected chi connectivity index (χ3v) is 4.94. The Morgan fingerprint density at radius 3 is 2.55 bits per heavy atom. The van der Waals surface area contributed by atoms with E-state index in [1.54, 1.807) is 36.5 Å². The molecular formula is C18H15Cl2N7O2. The standard InChI is InChI=1S/C18H15Cl2N7O2/c19-11-3-1-4-12(20)16(11)25-18-22-7-8-26(18)13-5-2-6-14(27(28)29)17(13)24-15-9-21-10-23-15/h1-6,9-10,24H,7-8H2,(H,21,23)(H,22,25). The molecule has 148 valence electrons. The molecule has 9 nitrogen and oxygen atoms in total. The summed E-state index contributed by atoms with van der Waals surface area (Å²) < 4.78 is 0. The molecule has 11 heteroatoms. The molecule has 0 atom stereocenters. The van der Waals surface area contributed by atoms with Gasteiger partial charge in [0.25, 0.3) is 5.69 Å². The number of imidazole rings is 1. The number of aliphatic imine (C=N–C) groups is 1. The van der Waals surface area contributed by atoms with Gasteiger partial charge in [0.05, 0.1) is 45.4 Å². The molecule has 0 saturated carbocycles. The average molecular weight is 432 g/mol. The van der Waals surface area contributed by atoms with Gasteiger partial charge in [0.1, 0.15) is 11.5 Å². The van der Waals surface area contributed by atoms with Crippen LogP contribution < -0.4 is 15.5 Å². The molecule has 1 aliphatic heterocycles. The second-order valence-corrected chi connectivity index (χ2v) is 6.91. The van der Waals surface area contributed by atoms with E-state index in [9.17, 15) is 10.1 Å². The summed E-state index contributed by atoms with van der Waals surface area (Å²) in [6.45, 7) is 1.04. The van der Waals surface area contributed by atoms with Crippen molar-refractivity contribution < 1.29 is 4.92 Å². The largest absolute Gasteiger partial charge is 0.333 e. The van der Waals surface area contributed by atoms with Crippen LogP contribution in [0.25, 0.3) is 0 Å². The number of hydrogen-bond donors (Lipinski definition) is 3. The van der Waals surface area contributed by atoms with Crippen LogP contribution in [0.2, 0.25) is 10.0 Å². The number of aromatic amines is 1. The molecule has 2 aromatic carbocycles. The Morgan fingerprint density at radius 1 is 1.10 bits per heavy atom. The number of nitro benzene ring substituents is 1. The number of halogens is 2. The quantitative estimate of drug-likeness (QED) is 0.400. The molecular weight excluding hydrogens is 417 g/mol. The predicted octanol–water partition coefficient (Wildman–Crippen LogP) is 4.66. The van der Waals surface area contributed by atoms with Gasteiger partial charge < -0.3 is 20.5 Å². The maximum absolute atomic E-state index is 11.6. The smallest absolute Gasteiger partial charge is 0.294 e. The molecule has 0 saturated heterocycles. The average Bonchev–Trinajstić information content (AvgIpc) is 3.37. The summed E-state index contributed by atoms with van der Waals surface area (Å²) in [6, 6.07) is 10.0. The van der Waals surface area contributed by atoms with E-state index >= 15 is 0 Å². The van der Waals surface area contributed by atoms with E-state index in [1.807, 2.05) is 4.90 Å². The molecule has 3 N–H and O–H groups in total. The molecule has 1 aromatic heterocycles. The van der Waals surface area contributed by atoms with Crippen molar-refractivity contribution in [3.8, 4) is 0 Å². The van der Waals surface area contributed by atoms with Crippen molar-refractivity contribution in [2.75, 3.05) is 28.6 Å². The molecule has 0 fully saturated rings. The lowest BCUT2D eigenvalue weighted by Gasteiger charge is -2.24. The van der Waals surface area contributed by atoms with Crippen LogP contribution in [0.3, 0.4) is 0 Å². The highest BCUT2D eigenvalue weighted by Gasteiger charge is 2.27. The van der Waals surface area contributed by atoms with Crippen molar-refractivity contribution in [2.24, 2.45) is 4.99 Å². The number of anilines is 4. The Labute approximate surface area is 175 Å². The van der Waals surface area contributed by atoms with E-state index in [0.29, 0.717) is 52.0 Å². The number of guanidine groups is 1. The zero-order valence-electron chi connectivity index (χ0n) is 14.9. The molecule has 2 heterocycles. The molecule has 0 amide bonds. The van der Waals surface area contributed by atoms with Gasteiger partial charge in [0, 0.05) is 12.6 Å². The SMILES string of the molecule is O=[N+]([O-])c1cccc(N2CCN=C2Nc2c(Cl)cccc2Cl)c1Nc1cnc[nH]1. The lowest BCUT2D eigenvalue weighted by atomic mass is 10.2. The Hall–Kier alpha value is -3.30. The molecule has 0 radical (unpaired) electrons. The van der Waals surface area contributed by atoms with Gasteiger partial charge in [0.15, 0.2) is 0 Å². The summed E-state index contributed by atoms with van der Waals surface area (Å²) in [5.41, 5.74) is 1.36. The maximum Gasteiger partial charge on any atom is 0.294 e. The Bertz CT molecular complexity index is 1070. The van der Waals surface area contributed by atoms with Crippen LogP contribution in [-0.2, 0) is 0 Å². The van der Waals surface area contributed by atoms with Gasteiger partial charge in [-0.2, -0.15) is 0 Å². The first kappa shape index (κ1) is 19.0. The van der Waals surface area contributed by atoms with Crippen LogP contribution in [0.15, 0.2) is 53.9 Å². The predicted molar refractivity (Wildman–Crippen MR) is 115 cm³/mol. The number of aromatic nitrogens is 2. The van der Waals surface area contributed by atoms with Crippen molar-refractivity contribution in [3.05, 3.63) is 69.1 Å². The lowest BCUT2D eigenvalue weighted by Crippen LogP contribution is -2.33. The highest BCUT2D eigenvalue weighted by atomic mass is 35.5. The summed E-state index contributed by atoms with van der Waals surface area (Å²) in [4.78, 5) is 24.3. The first-order valence-corrected chi connectivity index (χ1v) is 9.36. The molecule has 29 heavy (non-hydrogen) atoms. The van der Waals surface area contributed by atoms with E-state index in [2.05, 4.69) is 25.6 Å². The fraction of sp³-hybridized carbons (Fsp3) is 0.111. The van der Waals surface area contributed by atoms with Gasteiger partial charge in [-0.15, -0.1) is 0 Å². The number of para-hydroxylation sites is 2. The maximum atomic E-state index is 11.6. The van der Waals surface area contributed by atoms with Gasteiger partial charge in [0.2, 0.25) is 5.96 Å². The van der Waals surface area contributed by atoms with Crippen LogP contribution in [0.5, 0.6) is 0 Å². The molecule has 4 rings (SSSR count). The number of benzene rings is 2. The van der Waals surface area contributed by atoms with Crippen molar-refractivity contribution in [1.82, 2.24) is 9.97 Å². The van der Waals surface area contributed by atoms with E-state index in [1.165, 1.54) is 12.4 Å².